The van der Waals surface area contributed by atoms with E-state index < -0.39 is 34.1 Å². The zero-order chi connectivity index (χ0) is 32.8. The molecule has 45 heavy (non-hydrogen) atoms. The highest BCUT2D eigenvalue weighted by molar-refractivity contribution is 7.92. The second kappa shape index (κ2) is 14.3. The minimum absolute atomic E-state index is 0.00208. The third kappa shape index (κ3) is 9.19. The molecule has 0 heterocycles. The first-order chi connectivity index (χ1) is 21.2. The fraction of sp³-hybridized carbons (Fsp3) is 0.278. The Morgan fingerprint density at radius 1 is 0.800 bits per heavy atom. The van der Waals surface area contributed by atoms with E-state index in [9.17, 15) is 18.0 Å². The quantitative estimate of drug-likeness (QED) is 0.197. The molecule has 0 bridgehead atoms. The van der Waals surface area contributed by atoms with Gasteiger partial charge in [-0.05, 0) is 87.7 Å². The minimum atomic E-state index is -4.20. The Morgan fingerprint density at radius 2 is 1.40 bits per heavy atom. The second-order valence-electron chi connectivity index (χ2n) is 12.3. The number of nitrogens with one attached hydrogen (secondary N) is 1. The molecule has 0 aromatic heterocycles. The number of rotatable bonds is 11. The van der Waals surface area contributed by atoms with Gasteiger partial charge in [0, 0.05) is 23.5 Å². The smallest absolute Gasteiger partial charge is 0.264 e. The lowest BCUT2D eigenvalue weighted by Gasteiger charge is -2.35. The molecule has 0 aliphatic carbocycles. The third-order valence-corrected chi connectivity index (χ3v) is 9.21. The molecule has 0 unspecified atom stereocenters. The fourth-order valence-electron chi connectivity index (χ4n) is 5.06. The molecule has 0 aliphatic heterocycles. The van der Waals surface area contributed by atoms with Crippen LogP contribution < -0.4 is 9.62 Å². The summed E-state index contributed by atoms with van der Waals surface area (Å²) in [5.74, 6) is -0.837. The Morgan fingerprint density at radius 3 is 2.00 bits per heavy atom. The zero-order valence-electron chi connectivity index (χ0n) is 26.3. The zero-order valence-corrected chi connectivity index (χ0v) is 27.9. The predicted molar refractivity (Wildman–Crippen MR) is 181 cm³/mol. The summed E-state index contributed by atoms with van der Waals surface area (Å²) in [5, 5.41) is 3.44. The summed E-state index contributed by atoms with van der Waals surface area (Å²) in [6, 6.07) is 29.1. The van der Waals surface area contributed by atoms with Gasteiger partial charge < -0.3 is 10.2 Å². The molecule has 1 N–H and O–H groups in total. The molecule has 4 aromatic rings. The molecule has 4 rings (SSSR count). The van der Waals surface area contributed by atoms with Crippen molar-refractivity contribution < 1.29 is 18.0 Å². The highest BCUT2D eigenvalue weighted by Crippen LogP contribution is 2.27. The molecule has 2 amide bonds. The van der Waals surface area contributed by atoms with Gasteiger partial charge in [-0.2, -0.15) is 0 Å². The molecule has 0 fully saturated rings. The summed E-state index contributed by atoms with van der Waals surface area (Å²) >= 11 is 6.06. The monoisotopic (exact) mass is 645 g/mol. The van der Waals surface area contributed by atoms with Gasteiger partial charge in [0.1, 0.15) is 12.6 Å². The molecule has 0 radical (unpaired) electrons. The number of aryl methyl sites for hydroxylation is 2. The van der Waals surface area contributed by atoms with Crippen molar-refractivity contribution in [2.24, 2.45) is 0 Å². The lowest BCUT2D eigenvalue weighted by atomic mass is 10.0. The Bertz CT molecular complexity index is 1740. The molecule has 0 spiro atoms. The highest BCUT2D eigenvalue weighted by atomic mass is 35.5. The van der Waals surface area contributed by atoms with Gasteiger partial charge in [0.05, 0.1) is 10.6 Å². The normalized spacial score (nSPS) is 12.3. The number of carbonyl (C=O) groups is 2. The van der Waals surface area contributed by atoms with Crippen molar-refractivity contribution in [2.45, 2.75) is 64.1 Å². The molecule has 236 valence electrons. The van der Waals surface area contributed by atoms with Crippen molar-refractivity contribution in [3.63, 3.8) is 0 Å². The average Bonchev–Trinajstić information content (AvgIpc) is 2.97. The van der Waals surface area contributed by atoms with Gasteiger partial charge in [0.15, 0.2) is 0 Å². The van der Waals surface area contributed by atoms with E-state index in [-0.39, 0.29) is 23.8 Å². The van der Waals surface area contributed by atoms with Crippen LogP contribution in [-0.4, -0.2) is 43.3 Å². The van der Waals surface area contributed by atoms with Crippen LogP contribution in [0.4, 0.5) is 5.69 Å². The first-order valence-corrected chi connectivity index (χ1v) is 16.6. The number of amides is 2. The van der Waals surface area contributed by atoms with Crippen molar-refractivity contribution >= 4 is 39.1 Å². The number of anilines is 1. The number of hydrogen-bond acceptors (Lipinski definition) is 4. The third-order valence-electron chi connectivity index (χ3n) is 7.17. The van der Waals surface area contributed by atoms with Crippen molar-refractivity contribution in [1.82, 2.24) is 10.2 Å². The lowest BCUT2D eigenvalue weighted by molar-refractivity contribution is -0.140. The topological polar surface area (TPSA) is 86.8 Å². The molecular weight excluding hydrogens is 606 g/mol. The van der Waals surface area contributed by atoms with Gasteiger partial charge >= 0.3 is 0 Å². The second-order valence-corrected chi connectivity index (χ2v) is 14.6. The van der Waals surface area contributed by atoms with Gasteiger partial charge in [-0.15, -0.1) is 0 Å². The summed E-state index contributed by atoms with van der Waals surface area (Å²) in [6.45, 7) is 9.06. The summed E-state index contributed by atoms with van der Waals surface area (Å²) < 4.78 is 29.4. The van der Waals surface area contributed by atoms with E-state index in [1.807, 2.05) is 95.3 Å². The first kappa shape index (κ1) is 33.7. The average molecular weight is 646 g/mol. The Kier molecular flexibility index (Phi) is 10.7. The first-order valence-electron chi connectivity index (χ1n) is 14.8. The molecular formula is C36H40ClN3O4S. The maximum Gasteiger partial charge on any atom is 0.264 e. The predicted octanol–water partition coefficient (Wildman–Crippen LogP) is 6.71. The van der Waals surface area contributed by atoms with Crippen LogP contribution in [0.15, 0.2) is 108 Å². The van der Waals surface area contributed by atoms with Crippen LogP contribution in [0.1, 0.15) is 43.0 Å². The van der Waals surface area contributed by atoms with E-state index in [0.29, 0.717) is 10.7 Å². The number of benzene rings is 4. The van der Waals surface area contributed by atoms with Gasteiger partial charge in [0.2, 0.25) is 11.8 Å². The number of halogens is 1. The maximum absolute atomic E-state index is 14.6. The summed E-state index contributed by atoms with van der Waals surface area (Å²) in [4.78, 5) is 30.0. The maximum atomic E-state index is 14.6. The van der Waals surface area contributed by atoms with Crippen LogP contribution in [0, 0.1) is 13.8 Å². The van der Waals surface area contributed by atoms with Crippen molar-refractivity contribution in [3.8, 4) is 0 Å². The minimum Gasteiger partial charge on any atom is -0.350 e. The van der Waals surface area contributed by atoms with Crippen molar-refractivity contribution in [3.05, 3.63) is 130 Å². The molecule has 7 nitrogen and oxygen atoms in total. The van der Waals surface area contributed by atoms with Crippen molar-refractivity contribution in [2.75, 3.05) is 10.8 Å². The number of nitrogens with zero attached hydrogens (tertiary/aromatic N) is 2. The van der Waals surface area contributed by atoms with Gasteiger partial charge in [-0.3, -0.25) is 13.9 Å². The summed E-state index contributed by atoms with van der Waals surface area (Å²) in [7, 11) is -4.20. The van der Waals surface area contributed by atoms with E-state index in [4.69, 9.17) is 11.6 Å². The number of carbonyl (C=O) groups excluding carboxylic acids is 2. The van der Waals surface area contributed by atoms with E-state index in [1.165, 1.54) is 29.2 Å². The van der Waals surface area contributed by atoms with E-state index in [2.05, 4.69) is 5.32 Å². The van der Waals surface area contributed by atoms with Crippen molar-refractivity contribution in [1.29, 1.82) is 0 Å². The lowest BCUT2D eigenvalue weighted by Crippen LogP contribution is -2.56. The van der Waals surface area contributed by atoms with Crippen LogP contribution in [0.3, 0.4) is 0 Å². The molecule has 4 aromatic carbocycles. The van der Waals surface area contributed by atoms with Gasteiger partial charge in [0.25, 0.3) is 10.0 Å². The SMILES string of the molecule is Cc1cccc(CN(C(=O)CN(c2cccc(C)c2)S(=O)(=O)c2ccc(Cl)cc2)[C@@H](Cc2ccccc2)C(=O)NC(C)(C)C)c1. The number of sulfonamides is 1. The Balaban J connectivity index is 1.82. The van der Waals surface area contributed by atoms with Gasteiger partial charge in [-0.25, -0.2) is 8.42 Å². The molecule has 1 atom stereocenters. The molecule has 0 saturated heterocycles. The highest BCUT2D eigenvalue weighted by Gasteiger charge is 2.35. The molecule has 9 heteroatoms. The number of hydrogen-bond donors (Lipinski definition) is 1. The van der Waals surface area contributed by atoms with Crippen LogP contribution in [-0.2, 0) is 32.6 Å². The fourth-order valence-corrected chi connectivity index (χ4v) is 6.59. The largest absolute Gasteiger partial charge is 0.350 e. The van der Waals surface area contributed by atoms with Crippen LogP contribution in [0.5, 0.6) is 0 Å². The standard InChI is InChI=1S/C36H40ClN3O4S/c1-26-11-9-15-29(21-26)24-39(33(35(42)38-36(3,4)5)23-28-13-7-6-8-14-28)34(41)25-40(31-16-10-12-27(2)22-31)45(43,44)32-19-17-30(37)18-20-32/h6-22,33H,23-25H2,1-5H3,(H,38,42)/t33-/m0/s1. The molecule has 0 saturated carbocycles. The Hall–Kier alpha value is -4.14. The van der Waals surface area contributed by atoms with Gasteiger partial charge in [-0.1, -0.05) is 83.9 Å². The van der Waals surface area contributed by atoms with Crippen LogP contribution in [0.25, 0.3) is 0 Å². The summed E-state index contributed by atoms with van der Waals surface area (Å²) in [6.07, 6.45) is 0.245. The molecule has 0 aliphatic rings. The van der Waals surface area contributed by atoms with E-state index >= 15 is 0 Å². The van der Waals surface area contributed by atoms with Crippen LogP contribution in [0.2, 0.25) is 5.02 Å². The Labute approximate surface area is 271 Å². The summed E-state index contributed by atoms with van der Waals surface area (Å²) in [5.41, 5.74) is 3.32. The van der Waals surface area contributed by atoms with Crippen LogP contribution >= 0.6 is 11.6 Å². The van der Waals surface area contributed by atoms with E-state index in [0.717, 1.165) is 26.6 Å². The van der Waals surface area contributed by atoms with E-state index in [1.54, 1.807) is 18.2 Å².